The zero-order valence-electron chi connectivity index (χ0n) is 14.9. The molecule has 2 heterocycles. The number of benzene rings is 1. The van der Waals surface area contributed by atoms with E-state index in [0.29, 0.717) is 23.0 Å². The number of fused-ring (bicyclic) bond motifs is 1. The molecule has 0 bridgehead atoms. The minimum Gasteiger partial charge on any atom is -0.347 e. The highest BCUT2D eigenvalue weighted by atomic mass is 19.1. The Morgan fingerprint density at radius 2 is 1.96 bits per heavy atom. The van der Waals surface area contributed by atoms with Gasteiger partial charge in [-0.15, -0.1) is 0 Å². The molecule has 0 spiro atoms. The molecule has 4 nitrogen and oxygen atoms in total. The first-order chi connectivity index (χ1) is 11.7. The Morgan fingerprint density at radius 1 is 1.28 bits per heavy atom. The van der Waals surface area contributed by atoms with Crippen LogP contribution in [0.5, 0.6) is 0 Å². The van der Waals surface area contributed by atoms with Crippen LogP contribution in [0, 0.1) is 12.7 Å². The Kier molecular flexibility index (Phi) is 4.33. The molecule has 1 aromatic carbocycles. The van der Waals surface area contributed by atoms with Gasteiger partial charge in [0.05, 0.1) is 10.9 Å². The summed E-state index contributed by atoms with van der Waals surface area (Å²) in [5.74, 6) is -0.631. The van der Waals surface area contributed by atoms with Gasteiger partial charge in [-0.25, -0.2) is 9.37 Å². The summed E-state index contributed by atoms with van der Waals surface area (Å²) in [6.45, 7) is 5.99. The van der Waals surface area contributed by atoms with E-state index >= 15 is 0 Å². The van der Waals surface area contributed by atoms with Crippen molar-refractivity contribution in [3.05, 3.63) is 65.2 Å². The lowest BCUT2D eigenvalue weighted by atomic mass is 9.94. The Hall–Kier alpha value is -2.69. The molecule has 0 aliphatic heterocycles. The molecule has 1 amide bonds. The molecule has 25 heavy (non-hydrogen) atoms. The van der Waals surface area contributed by atoms with Gasteiger partial charge < -0.3 is 9.88 Å². The predicted molar refractivity (Wildman–Crippen MR) is 97.1 cm³/mol. The third kappa shape index (κ3) is 3.71. The normalized spacial score (nSPS) is 11.7. The summed E-state index contributed by atoms with van der Waals surface area (Å²) in [6, 6.07) is 9.80. The van der Waals surface area contributed by atoms with Gasteiger partial charge in [0.25, 0.3) is 5.91 Å². The lowest BCUT2D eigenvalue weighted by molar-refractivity contribution is 0.0913. The maximum atomic E-state index is 13.9. The van der Waals surface area contributed by atoms with Gasteiger partial charge in [-0.3, -0.25) is 4.79 Å². The van der Waals surface area contributed by atoms with Crippen LogP contribution in [0.4, 0.5) is 4.39 Å². The van der Waals surface area contributed by atoms with Crippen molar-refractivity contribution in [1.29, 1.82) is 0 Å². The molecule has 0 saturated heterocycles. The van der Waals surface area contributed by atoms with Gasteiger partial charge in [0.15, 0.2) is 0 Å². The fourth-order valence-electron chi connectivity index (χ4n) is 2.98. The molecule has 0 fully saturated rings. The van der Waals surface area contributed by atoms with Gasteiger partial charge in [-0.1, -0.05) is 29.8 Å². The smallest absolute Gasteiger partial charge is 0.253 e. The number of nitrogens with one attached hydrogen (secondary N) is 1. The molecule has 0 unspecified atom stereocenters. The molecule has 2 aromatic heterocycles. The highest BCUT2D eigenvalue weighted by molar-refractivity contribution is 5.97. The van der Waals surface area contributed by atoms with Crippen LogP contribution in [0.2, 0.25) is 0 Å². The van der Waals surface area contributed by atoms with Crippen LogP contribution < -0.4 is 5.32 Å². The highest BCUT2D eigenvalue weighted by Gasteiger charge is 2.22. The summed E-state index contributed by atoms with van der Waals surface area (Å²) < 4.78 is 15.5. The van der Waals surface area contributed by atoms with Crippen molar-refractivity contribution >= 4 is 16.9 Å². The third-order valence-corrected chi connectivity index (χ3v) is 4.25. The number of hydrogen-bond acceptors (Lipinski definition) is 2. The van der Waals surface area contributed by atoms with E-state index in [1.54, 1.807) is 17.7 Å². The number of nitrogens with zero attached hydrogens (tertiary/aromatic N) is 2. The van der Waals surface area contributed by atoms with Gasteiger partial charge in [0.1, 0.15) is 11.5 Å². The first-order valence-corrected chi connectivity index (χ1v) is 8.24. The van der Waals surface area contributed by atoms with Gasteiger partial charge in [-0.05, 0) is 38.8 Å². The lowest BCUT2D eigenvalue weighted by Gasteiger charge is -2.26. The van der Waals surface area contributed by atoms with E-state index in [-0.39, 0.29) is 11.7 Å². The number of rotatable bonds is 4. The topological polar surface area (TPSA) is 46.9 Å². The SMILES string of the molecule is Cc1ccc(CC(C)(C)NC(=O)c2cnc3c(c2)c(F)cn3C)cc1. The predicted octanol–water partition coefficient (Wildman–Crippen LogP) is 3.77. The van der Waals surface area contributed by atoms with Crippen molar-refractivity contribution in [3.8, 4) is 0 Å². The maximum absolute atomic E-state index is 13.9. The van der Waals surface area contributed by atoms with Crippen molar-refractivity contribution < 1.29 is 9.18 Å². The molecule has 0 saturated carbocycles. The van der Waals surface area contributed by atoms with Gasteiger partial charge in [0.2, 0.25) is 0 Å². The van der Waals surface area contributed by atoms with E-state index in [2.05, 4.69) is 34.6 Å². The molecule has 1 N–H and O–H groups in total. The van der Waals surface area contributed by atoms with E-state index in [1.807, 2.05) is 20.8 Å². The number of amides is 1. The molecule has 3 rings (SSSR count). The number of carbonyl (C=O) groups excluding carboxylic acids is 1. The summed E-state index contributed by atoms with van der Waals surface area (Å²) in [5, 5.41) is 3.37. The van der Waals surface area contributed by atoms with Crippen molar-refractivity contribution in [2.75, 3.05) is 0 Å². The number of aryl methyl sites for hydroxylation is 2. The van der Waals surface area contributed by atoms with E-state index in [0.717, 1.165) is 5.56 Å². The molecule has 3 aromatic rings. The number of aromatic nitrogens is 2. The standard InChI is InChI=1S/C20H22FN3O/c1-13-5-7-14(8-6-13)10-20(2,3)23-19(25)15-9-16-17(21)12-24(4)18(16)22-11-15/h5-9,11-12H,10H2,1-4H3,(H,23,25). The third-order valence-electron chi connectivity index (χ3n) is 4.25. The monoisotopic (exact) mass is 339 g/mol. The Morgan fingerprint density at radius 3 is 2.64 bits per heavy atom. The van der Waals surface area contributed by atoms with Crippen molar-refractivity contribution in [1.82, 2.24) is 14.9 Å². The minimum atomic E-state index is -0.434. The highest BCUT2D eigenvalue weighted by Crippen LogP contribution is 2.19. The van der Waals surface area contributed by atoms with Crippen LogP contribution in [0.25, 0.3) is 11.0 Å². The van der Waals surface area contributed by atoms with Crippen molar-refractivity contribution in [2.45, 2.75) is 32.7 Å². The van der Waals surface area contributed by atoms with E-state index in [9.17, 15) is 9.18 Å². The Labute approximate surface area is 146 Å². The van der Waals surface area contributed by atoms with Crippen LogP contribution in [-0.2, 0) is 13.5 Å². The van der Waals surface area contributed by atoms with Crippen LogP contribution in [0.15, 0.2) is 42.7 Å². The van der Waals surface area contributed by atoms with Gasteiger partial charge in [-0.2, -0.15) is 0 Å². The van der Waals surface area contributed by atoms with Crippen LogP contribution >= 0.6 is 0 Å². The first-order valence-electron chi connectivity index (χ1n) is 8.24. The van der Waals surface area contributed by atoms with Crippen LogP contribution in [-0.4, -0.2) is 21.0 Å². The van der Waals surface area contributed by atoms with E-state index in [1.165, 1.54) is 18.0 Å². The maximum Gasteiger partial charge on any atom is 0.253 e. The Balaban J connectivity index is 1.78. The fourth-order valence-corrected chi connectivity index (χ4v) is 2.98. The lowest BCUT2D eigenvalue weighted by Crippen LogP contribution is -2.45. The number of pyridine rings is 1. The first kappa shape index (κ1) is 17.1. The summed E-state index contributed by atoms with van der Waals surface area (Å²) in [6.07, 6.45) is 3.55. The molecule has 0 aliphatic carbocycles. The molecular formula is C20H22FN3O. The second-order valence-electron chi connectivity index (χ2n) is 7.18. The van der Waals surface area contributed by atoms with E-state index < -0.39 is 5.54 Å². The molecule has 5 heteroatoms. The zero-order chi connectivity index (χ0) is 18.2. The summed E-state index contributed by atoms with van der Waals surface area (Å²) in [5.41, 5.74) is 2.80. The fraction of sp³-hybridized carbons (Fsp3) is 0.300. The van der Waals surface area contributed by atoms with Crippen molar-refractivity contribution in [2.24, 2.45) is 7.05 Å². The van der Waals surface area contributed by atoms with Crippen molar-refractivity contribution in [3.63, 3.8) is 0 Å². The molecule has 130 valence electrons. The zero-order valence-corrected chi connectivity index (χ0v) is 14.9. The second-order valence-corrected chi connectivity index (χ2v) is 7.18. The van der Waals surface area contributed by atoms with Crippen LogP contribution in [0.1, 0.15) is 35.3 Å². The number of halogens is 1. The summed E-state index contributed by atoms with van der Waals surface area (Å²) in [7, 11) is 1.73. The van der Waals surface area contributed by atoms with E-state index in [4.69, 9.17) is 0 Å². The summed E-state index contributed by atoms with van der Waals surface area (Å²) >= 11 is 0. The average molecular weight is 339 g/mol. The number of hydrogen-bond donors (Lipinski definition) is 1. The molecule has 0 aliphatic rings. The second kappa shape index (κ2) is 6.31. The Bertz CT molecular complexity index is 926. The van der Waals surface area contributed by atoms with Crippen LogP contribution in [0.3, 0.4) is 0 Å². The quantitative estimate of drug-likeness (QED) is 0.786. The largest absolute Gasteiger partial charge is 0.347 e. The minimum absolute atomic E-state index is 0.255. The average Bonchev–Trinajstić information content (AvgIpc) is 2.83. The summed E-state index contributed by atoms with van der Waals surface area (Å²) in [4.78, 5) is 16.8. The molecule has 0 radical (unpaired) electrons. The number of carbonyl (C=O) groups is 1. The van der Waals surface area contributed by atoms with Gasteiger partial charge in [0, 0.05) is 25.0 Å². The van der Waals surface area contributed by atoms with Gasteiger partial charge >= 0.3 is 0 Å². The molecular weight excluding hydrogens is 317 g/mol. The molecule has 0 atom stereocenters.